The topological polar surface area (TPSA) is 0 Å². The van der Waals surface area contributed by atoms with E-state index in [1.165, 1.54) is 51.4 Å². The van der Waals surface area contributed by atoms with E-state index >= 15 is 0 Å². The lowest BCUT2D eigenvalue weighted by molar-refractivity contribution is 0.330. The van der Waals surface area contributed by atoms with Gasteiger partial charge in [-0.15, -0.1) is 0 Å². The first-order valence-corrected chi connectivity index (χ1v) is 5.71. The quantitative estimate of drug-likeness (QED) is 0.541. The molecule has 0 aromatic carbocycles. The highest BCUT2D eigenvalue weighted by molar-refractivity contribution is 6.42. The summed E-state index contributed by atoms with van der Waals surface area (Å²) in [5.41, 5.74) is 0. The van der Waals surface area contributed by atoms with Crippen molar-refractivity contribution in [3.63, 3.8) is 0 Å². The van der Waals surface area contributed by atoms with E-state index in [0.29, 0.717) is 5.31 Å². The predicted molar refractivity (Wildman–Crippen MR) is 56.9 cm³/mol. The largest absolute Gasteiger partial charge is 0.122 e. The van der Waals surface area contributed by atoms with E-state index in [1.807, 2.05) is 0 Å². The third-order valence-electron chi connectivity index (χ3n) is 3.84. The van der Waals surface area contributed by atoms with Gasteiger partial charge in [-0.05, 0) is 0 Å². The molecule has 0 nitrogen and oxygen atoms in total. The predicted octanol–water partition coefficient (Wildman–Crippen LogP) is 4.05. The highest BCUT2D eigenvalue weighted by Gasteiger charge is 2.38. The second kappa shape index (κ2) is 3.43. The molecule has 2 aliphatic rings. The van der Waals surface area contributed by atoms with Crippen molar-refractivity contribution in [2.75, 3.05) is 0 Å². The highest BCUT2D eigenvalue weighted by Crippen LogP contribution is 2.53. The van der Waals surface area contributed by atoms with E-state index in [0.717, 1.165) is 5.82 Å². The summed E-state index contributed by atoms with van der Waals surface area (Å²) in [6, 6.07) is 0. The van der Waals surface area contributed by atoms with Gasteiger partial charge in [-0.3, -0.25) is 0 Å². The van der Waals surface area contributed by atoms with Gasteiger partial charge in [0.25, 0.3) is 0 Å². The van der Waals surface area contributed by atoms with E-state index in [-0.39, 0.29) is 1.43 Å². The zero-order valence-corrected chi connectivity index (χ0v) is 8.31. The summed E-state index contributed by atoms with van der Waals surface area (Å²) in [4.78, 5) is 0. The van der Waals surface area contributed by atoms with Crippen molar-refractivity contribution in [3.8, 4) is 0 Å². The third kappa shape index (κ3) is 1.55. The molecule has 0 unspecified atom stereocenters. The molecule has 1 heteroatoms. The van der Waals surface area contributed by atoms with Crippen LogP contribution >= 0.6 is 0 Å². The zero-order chi connectivity index (χ0) is 8.44. The molecule has 2 heterocycles. The Labute approximate surface area is 78.8 Å². The van der Waals surface area contributed by atoms with Gasteiger partial charge in [0.2, 0.25) is 0 Å². The van der Waals surface area contributed by atoms with Gasteiger partial charge in [-0.2, -0.15) is 0 Å². The molecule has 0 N–H and O–H groups in total. The summed E-state index contributed by atoms with van der Waals surface area (Å²) in [7, 11) is 2.73. The van der Waals surface area contributed by atoms with Gasteiger partial charge < -0.3 is 0 Å². The lowest BCUT2D eigenvalue weighted by atomic mass is 9.35. The molecule has 0 spiro atoms. The first-order chi connectivity index (χ1) is 5.85. The molecule has 0 aromatic rings. The number of hydrogen-bond acceptors (Lipinski definition) is 0. The number of rotatable bonds is 2. The van der Waals surface area contributed by atoms with Gasteiger partial charge in [0, 0.05) is 1.43 Å². The van der Waals surface area contributed by atoms with Crippen LogP contribution in [0.5, 0.6) is 0 Å². The van der Waals surface area contributed by atoms with Crippen LogP contribution in [-0.2, 0) is 0 Å². The molecule has 0 amide bonds. The Kier molecular flexibility index (Phi) is 2.48. The van der Waals surface area contributed by atoms with E-state index in [2.05, 4.69) is 14.2 Å². The number of hydrogen-bond donors (Lipinski definition) is 0. The fraction of sp³-hybridized carbons (Fsp3) is 1.00. The average Bonchev–Trinajstić information content (AvgIpc) is 2.04. The SMILES string of the molecule is CCCC12[B]C(CCC1)CCC2.[HH]. The van der Waals surface area contributed by atoms with Crippen molar-refractivity contribution in [1.29, 1.82) is 0 Å². The molecule has 0 saturated carbocycles. The minimum absolute atomic E-state index is 0. The highest BCUT2D eigenvalue weighted by atomic mass is 14.3. The van der Waals surface area contributed by atoms with Gasteiger partial charge in [0.1, 0.15) is 7.28 Å². The van der Waals surface area contributed by atoms with Crippen LogP contribution in [0.25, 0.3) is 0 Å². The Morgan fingerprint density at radius 1 is 1.33 bits per heavy atom. The van der Waals surface area contributed by atoms with Gasteiger partial charge >= 0.3 is 0 Å². The van der Waals surface area contributed by atoms with Gasteiger partial charge in [-0.25, -0.2) is 0 Å². The van der Waals surface area contributed by atoms with E-state index in [9.17, 15) is 0 Å². The van der Waals surface area contributed by atoms with Crippen LogP contribution in [0.15, 0.2) is 0 Å². The fourth-order valence-electron chi connectivity index (χ4n) is 3.37. The third-order valence-corrected chi connectivity index (χ3v) is 3.84. The molecule has 0 aliphatic carbocycles. The molecule has 2 fully saturated rings. The molecule has 2 saturated heterocycles. The molecule has 2 rings (SSSR count). The van der Waals surface area contributed by atoms with Gasteiger partial charge in [-0.1, -0.05) is 69.4 Å². The normalized spacial score (nSPS) is 40.6. The fourth-order valence-corrected chi connectivity index (χ4v) is 3.37. The molecule has 1 radical (unpaired) electrons. The second-order valence-electron chi connectivity index (χ2n) is 4.82. The Bertz CT molecular complexity index is 143. The van der Waals surface area contributed by atoms with Crippen molar-refractivity contribution < 1.29 is 1.43 Å². The van der Waals surface area contributed by atoms with Crippen molar-refractivity contribution in [2.45, 2.75) is 69.4 Å². The molecular weight excluding hydrogens is 143 g/mol. The maximum Gasteiger partial charge on any atom is 0.122 e. The monoisotopic (exact) mass is 165 g/mol. The van der Waals surface area contributed by atoms with Crippen LogP contribution < -0.4 is 0 Å². The second-order valence-corrected chi connectivity index (χ2v) is 4.82. The summed E-state index contributed by atoms with van der Waals surface area (Å²) >= 11 is 0. The van der Waals surface area contributed by atoms with Crippen LogP contribution in [-0.4, -0.2) is 7.28 Å². The van der Waals surface area contributed by atoms with Crippen LogP contribution in [0, 0.1) is 0 Å². The lowest BCUT2D eigenvalue weighted by Gasteiger charge is -2.44. The number of fused-ring (bicyclic) bond motifs is 2. The molecule has 2 bridgehead atoms. The van der Waals surface area contributed by atoms with Crippen LogP contribution in [0.3, 0.4) is 0 Å². The van der Waals surface area contributed by atoms with E-state index in [1.54, 1.807) is 0 Å². The maximum atomic E-state index is 2.73. The first-order valence-electron chi connectivity index (χ1n) is 5.71. The van der Waals surface area contributed by atoms with Crippen molar-refractivity contribution in [2.24, 2.45) is 0 Å². The van der Waals surface area contributed by atoms with Gasteiger partial charge in [0.05, 0.1) is 0 Å². The molecular formula is C11H22B. The standard InChI is InChI=1S/C11H20B.H2/c1-2-7-11-8-3-5-10(12-11)6-4-9-11;/h10H,2-9H2,1H3;1H. The van der Waals surface area contributed by atoms with Crippen molar-refractivity contribution in [3.05, 3.63) is 0 Å². The zero-order valence-electron chi connectivity index (χ0n) is 8.31. The van der Waals surface area contributed by atoms with Crippen LogP contribution in [0.4, 0.5) is 0 Å². The maximum absolute atomic E-state index is 2.73. The van der Waals surface area contributed by atoms with Crippen LogP contribution in [0.2, 0.25) is 11.1 Å². The Morgan fingerprint density at radius 2 is 2.00 bits per heavy atom. The minimum Gasteiger partial charge on any atom is -0.0682 e. The summed E-state index contributed by atoms with van der Waals surface area (Å²) < 4.78 is 0. The Hall–Kier alpha value is 0.0649. The van der Waals surface area contributed by atoms with E-state index in [4.69, 9.17) is 0 Å². The summed E-state index contributed by atoms with van der Waals surface area (Å²) in [6.45, 7) is 2.33. The van der Waals surface area contributed by atoms with Crippen LogP contribution in [0.1, 0.15) is 59.7 Å². The summed E-state index contributed by atoms with van der Waals surface area (Å²) in [6.07, 6.45) is 11.8. The molecule has 0 atom stereocenters. The van der Waals surface area contributed by atoms with E-state index < -0.39 is 0 Å². The first kappa shape index (κ1) is 8.65. The smallest absolute Gasteiger partial charge is 0.0682 e. The lowest BCUT2D eigenvalue weighted by Crippen LogP contribution is -2.32. The molecule has 69 valence electrons. The summed E-state index contributed by atoms with van der Waals surface area (Å²) in [5.74, 6) is 0.999. The average molecular weight is 165 g/mol. The molecule has 0 aromatic heterocycles. The summed E-state index contributed by atoms with van der Waals surface area (Å²) in [5, 5.41) is 0.704. The molecule has 12 heavy (non-hydrogen) atoms. The van der Waals surface area contributed by atoms with Crippen molar-refractivity contribution in [1.82, 2.24) is 0 Å². The Balaban J connectivity index is 0.000000845. The van der Waals surface area contributed by atoms with Gasteiger partial charge in [0.15, 0.2) is 0 Å². The molecule has 2 aliphatic heterocycles. The Morgan fingerprint density at radius 3 is 2.58 bits per heavy atom. The van der Waals surface area contributed by atoms with Crippen molar-refractivity contribution >= 4 is 7.28 Å². The minimum atomic E-state index is 0.